The Bertz CT molecular complexity index is 523. The predicted octanol–water partition coefficient (Wildman–Crippen LogP) is 4.29. The number of anilines is 2. The molecule has 2 nitrogen and oxygen atoms in total. The number of halogens is 1. The first-order chi connectivity index (χ1) is 9.20. The normalized spacial score (nSPS) is 10.4. The van der Waals surface area contributed by atoms with Gasteiger partial charge in [0.15, 0.2) is 0 Å². The van der Waals surface area contributed by atoms with Gasteiger partial charge >= 0.3 is 0 Å². The highest BCUT2D eigenvalue weighted by Crippen LogP contribution is 2.24. The van der Waals surface area contributed by atoms with Crippen molar-refractivity contribution in [1.29, 1.82) is 0 Å². The molecule has 0 aromatic heterocycles. The Hall–Kier alpha value is -1.23. The molecule has 0 aliphatic carbocycles. The third-order valence-electron chi connectivity index (χ3n) is 3.06. The Morgan fingerprint density at radius 1 is 1.05 bits per heavy atom. The van der Waals surface area contributed by atoms with Gasteiger partial charge in [-0.25, -0.2) is 0 Å². The molecule has 2 aromatic carbocycles. The molecule has 2 N–H and O–H groups in total. The number of hydrogen-bond donors (Lipinski definition) is 1. The van der Waals surface area contributed by atoms with Gasteiger partial charge in [-0.05, 0) is 58.8 Å². The van der Waals surface area contributed by atoms with Gasteiger partial charge in [0, 0.05) is 16.7 Å². The van der Waals surface area contributed by atoms with Gasteiger partial charge in [0.25, 0.3) is 0 Å². The minimum Gasteiger partial charge on any atom is -0.397 e. The lowest BCUT2D eigenvalue weighted by Crippen LogP contribution is -2.24. The molecule has 0 saturated carbocycles. The minimum absolute atomic E-state index is 0.849. The van der Waals surface area contributed by atoms with E-state index in [1.807, 2.05) is 18.2 Å². The Balaban J connectivity index is 2.21. The zero-order valence-corrected chi connectivity index (χ0v) is 13.3. The number of rotatable bonds is 5. The fourth-order valence-electron chi connectivity index (χ4n) is 2.14. The molecule has 0 fully saturated rings. The van der Waals surface area contributed by atoms with Crippen LogP contribution in [0, 0.1) is 3.57 Å². The topological polar surface area (TPSA) is 29.3 Å². The third kappa shape index (κ3) is 3.86. The summed E-state index contributed by atoms with van der Waals surface area (Å²) in [6.07, 6.45) is 1.11. The molecule has 0 unspecified atom stereocenters. The van der Waals surface area contributed by atoms with Crippen molar-refractivity contribution in [1.82, 2.24) is 0 Å². The SMILES string of the molecule is CCCN(Cc1ccc(I)cc1)c1ccccc1N. The van der Waals surface area contributed by atoms with Gasteiger partial charge in [-0.3, -0.25) is 0 Å². The first-order valence-electron chi connectivity index (χ1n) is 6.54. The van der Waals surface area contributed by atoms with Crippen molar-refractivity contribution in [3.05, 3.63) is 57.7 Å². The summed E-state index contributed by atoms with van der Waals surface area (Å²) < 4.78 is 1.27. The van der Waals surface area contributed by atoms with Gasteiger partial charge in [0.1, 0.15) is 0 Å². The maximum atomic E-state index is 6.09. The van der Waals surface area contributed by atoms with Crippen LogP contribution in [-0.4, -0.2) is 6.54 Å². The van der Waals surface area contributed by atoms with Crippen LogP contribution in [0.1, 0.15) is 18.9 Å². The third-order valence-corrected chi connectivity index (χ3v) is 3.78. The summed E-state index contributed by atoms with van der Waals surface area (Å²) in [5.74, 6) is 0. The number of nitrogens with zero attached hydrogens (tertiary/aromatic N) is 1. The summed E-state index contributed by atoms with van der Waals surface area (Å²) in [5, 5.41) is 0. The number of nitrogens with two attached hydrogens (primary N) is 1. The van der Waals surface area contributed by atoms with E-state index in [0.29, 0.717) is 0 Å². The Morgan fingerprint density at radius 3 is 2.37 bits per heavy atom. The first kappa shape index (κ1) is 14.2. The van der Waals surface area contributed by atoms with Crippen LogP contribution >= 0.6 is 22.6 Å². The standard InChI is InChI=1S/C16H19IN2/c1-2-11-19(16-6-4-3-5-15(16)18)12-13-7-9-14(17)10-8-13/h3-10H,2,11-12,18H2,1H3. The number of nitrogen functional groups attached to an aromatic ring is 1. The minimum atomic E-state index is 0.849. The molecule has 0 amide bonds. The van der Waals surface area contributed by atoms with Crippen molar-refractivity contribution in [3.63, 3.8) is 0 Å². The Morgan fingerprint density at radius 2 is 1.74 bits per heavy atom. The average Bonchev–Trinajstić information content (AvgIpc) is 2.41. The molecule has 0 aliphatic rings. The monoisotopic (exact) mass is 366 g/mol. The van der Waals surface area contributed by atoms with E-state index in [-0.39, 0.29) is 0 Å². The summed E-state index contributed by atoms with van der Waals surface area (Å²) in [6.45, 7) is 4.11. The van der Waals surface area contributed by atoms with E-state index in [0.717, 1.165) is 30.9 Å². The van der Waals surface area contributed by atoms with E-state index < -0.39 is 0 Å². The fourth-order valence-corrected chi connectivity index (χ4v) is 2.50. The molecule has 0 spiro atoms. The van der Waals surface area contributed by atoms with Crippen LogP contribution in [0.5, 0.6) is 0 Å². The van der Waals surface area contributed by atoms with Crippen LogP contribution in [0.25, 0.3) is 0 Å². The molecular formula is C16H19IN2. The molecule has 0 aliphatic heterocycles. The molecule has 2 aromatic rings. The lowest BCUT2D eigenvalue weighted by Gasteiger charge is -2.26. The lowest BCUT2D eigenvalue weighted by atomic mass is 10.1. The molecule has 0 bridgehead atoms. The van der Waals surface area contributed by atoms with Crippen molar-refractivity contribution in [3.8, 4) is 0 Å². The van der Waals surface area contributed by atoms with Gasteiger partial charge in [-0.1, -0.05) is 31.2 Å². The second-order valence-electron chi connectivity index (χ2n) is 4.61. The average molecular weight is 366 g/mol. The largest absolute Gasteiger partial charge is 0.397 e. The van der Waals surface area contributed by atoms with Crippen LogP contribution in [0.15, 0.2) is 48.5 Å². The van der Waals surface area contributed by atoms with E-state index in [1.165, 1.54) is 9.13 Å². The van der Waals surface area contributed by atoms with Crippen molar-refractivity contribution in [2.24, 2.45) is 0 Å². The smallest absolute Gasteiger partial charge is 0.0602 e. The fraction of sp³-hybridized carbons (Fsp3) is 0.250. The van der Waals surface area contributed by atoms with E-state index in [4.69, 9.17) is 5.73 Å². The lowest BCUT2D eigenvalue weighted by molar-refractivity contribution is 0.768. The molecular weight excluding hydrogens is 347 g/mol. The molecule has 19 heavy (non-hydrogen) atoms. The van der Waals surface area contributed by atoms with Crippen molar-refractivity contribution >= 4 is 34.0 Å². The first-order valence-corrected chi connectivity index (χ1v) is 7.62. The second-order valence-corrected chi connectivity index (χ2v) is 5.85. The summed E-state index contributed by atoms with van der Waals surface area (Å²) in [5.41, 5.74) is 9.38. The van der Waals surface area contributed by atoms with Crippen molar-refractivity contribution < 1.29 is 0 Å². The van der Waals surface area contributed by atoms with Crippen LogP contribution in [-0.2, 0) is 6.54 Å². The number of hydrogen-bond acceptors (Lipinski definition) is 2. The molecule has 0 heterocycles. The number of para-hydroxylation sites is 2. The van der Waals surface area contributed by atoms with Crippen molar-refractivity contribution in [2.75, 3.05) is 17.2 Å². The maximum absolute atomic E-state index is 6.09. The molecule has 2 rings (SSSR count). The Kier molecular flexibility index (Phi) is 5.07. The molecule has 0 atom stereocenters. The molecule has 0 radical (unpaired) electrons. The van der Waals surface area contributed by atoms with Gasteiger partial charge < -0.3 is 10.6 Å². The zero-order chi connectivity index (χ0) is 13.7. The van der Waals surface area contributed by atoms with E-state index >= 15 is 0 Å². The Labute approximate surface area is 128 Å². The van der Waals surface area contributed by atoms with Crippen LogP contribution in [0.4, 0.5) is 11.4 Å². The second kappa shape index (κ2) is 6.80. The molecule has 0 saturated heterocycles. The van der Waals surface area contributed by atoms with Crippen molar-refractivity contribution in [2.45, 2.75) is 19.9 Å². The van der Waals surface area contributed by atoms with Crippen LogP contribution in [0.2, 0.25) is 0 Å². The van der Waals surface area contributed by atoms with E-state index in [9.17, 15) is 0 Å². The van der Waals surface area contributed by atoms with Crippen LogP contribution in [0.3, 0.4) is 0 Å². The maximum Gasteiger partial charge on any atom is 0.0602 e. The highest BCUT2D eigenvalue weighted by molar-refractivity contribution is 14.1. The van der Waals surface area contributed by atoms with Gasteiger partial charge in [-0.15, -0.1) is 0 Å². The van der Waals surface area contributed by atoms with Crippen LogP contribution < -0.4 is 10.6 Å². The quantitative estimate of drug-likeness (QED) is 0.632. The van der Waals surface area contributed by atoms with Gasteiger partial charge in [-0.2, -0.15) is 0 Å². The highest BCUT2D eigenvalue weighted by Gasteiger charge is 2.09. The summed E-state index contributed by atoms with van der Waals surface area (Å²) in [7, 11) is 0. The van der Waals surface area contributed by atoms with E-state index in [1.54, 1.807) is 0 Å². The predicted molar refractivity (Wildman–Crippen MR) is 91.4 cm³/mol. The summed E-state index contributed by atoms with van der Waals surface area (Å²) >= 11 is 2.33. The summed E-state index contributed by atoms with van der Waals surface area (Å²) in [4.78, 5) is 2.34. The highest BCUT2D eigenvalue weighted by atomic mass is 127. The van der Waals surface area contributed by atoms with Gasteiger partial charge in [0.2, 0.25) is 0 Å². The van der Waals surface area contributed by atoms with E-state index in [2.05, 4.69) is 64.7 Å². The zero-order valence-electron chi connectivity index (χ0n) is 11.1. The summed E-state index contributed by atoms with van der Waals surface area (Å²) in [6, 6.07) is 16.7. The number of benzene rings is 2. The molecule has 100 valence electrons. The van der Waals surface area contributed by atoms with Gasteiger partial charge in [0.05, 0.1) is 11.4 Å². The molecule has 3 heteroatoms.